The van der Waals surface area contributed by atoms with Crippen LogP contribution < -0.4 is 15.5 Å². The van der Waals surface area contributed by atoms with Crippen molar-refractivity contribution in [2.45, 2.75) is 6.10 Å². The lowest BCUT2D eigenvalue weighted by molar-refractivity contribution is -0.124. The molecule has 2 N–H and O–H groups in total. The largest absolute Gasteiger partial charge is 0.447 e. The predicted octanol–water partition coefficient (Wildman–Crippen LogP) is 1.65. The summed E-state index contributed by atoms with van der Waals surface area (Å²) in [5.41, 5.74) is 6.16. The Balaban J connectivity index is 1.56. The maximum atomic E-state index is 14.7. The van der Waals surface area contributed by atoms with Gasteiger partial charge in [0.2, 0.25) is 0 Å². The van der Waals surface area contributed by atoms with Gasteiger partial charge in [-0.05, 0) is 30.3 Å². The Hall–Kier alpha value is -3.69. The van der Waals surface area contributed by atoms with Gasteiger partial charge in [-0.25, -0.2) is 19.0 Å². The number of hydrogen-bond donors (Lipinski definition) is 1. The summed E-state index contributed by atoms with van der Waals surface area (Å²) in [6.45, 7) is 0.634. The number of nitrogens with zero attached hydrogens (tertiary/aromatic N) is 3. The Labute approximate surface area is 158 Å². The molecule has 0 bridgehead atoms. The molecule has 1 aromatic heterocycles. The summed E-state index contributed by atoms with van der Waals surface area (Å²) in [5.74, 6) is -0.926. The fraction of sp³-hybridized carbons (Fsp3) is 0.222. The molecule has 9 nitrogen and oxygen atoms in total. The molecule has 3 heterocycles. The van der Waals surface area contributed by atoms with Gasteiger partial charge >= 0.3 is 12.2 Å². The zero-order valence-corrected chi connectivity index (χ0v) is 14.5. The van der Waals surface area contributed by atoms with Crippen LogP contribution in [0.25, 0.3) is 11.1 Å². The van der Waals surface area contributed by atoms with E-state index < -0.39 is 30.0 Å². The first kappa shape index (κ1) is 17.7. The number of amides is 3. The smallest absolute Gasteiger partial charge is 0.415 e. The molecule has 3 amide bonds. The van der Waals surface area contributed by atoms with Crippen molar-refractivity contribution in [2.75, 3.05) is 29.5 Å². The lowest BCUT2D eigenvalue weighted by Crippen LogP contribution is -2.32. The van der Waals surface area contributed by atoms with E-state index in [4.69, 9.17) is 15.2 Å². The summed E-state index contributed by atoms with van der Waals surface area (Å²) >= 11 is 0. The topological polar surface area (TPSA) is 115 Å². The lowest BCUT2D eigenvalue weighted by atomic mass is 10.1. The van der Waals surface area contributed by atoms with Crippen molar-refractivity contribution in [1.82, 2.24) is 4.98 Å². The summed E-state index contributed by atoms with van der Waals surface area (Å²) in [6.07, 6.45) is -0.849. The van der Waals surface area contributed by atoms with Crippen LogP contribution in [0.15, 0.2) is 36.5 Å². The highest BCUT2D eigenvalue weighted by Crippen LogP contribution is 2.29. The Morgan fingerprint density at radius 2 is 2.00 bits per heavy atom. The molecule has 0 spiro atoms. The molecule has 2 fully saturated rings. The van der Waals surface area contributed by atoms with E-state index >= 15 is 0 Å². The Kier molecular flexibility index (Phi) is 4.30. The molecule has 0 unspecified atom stereocenters. The fourth-order valence-electron chi connectivity index (χ4n) is 3.03. The molecule has 1 atom stereocenters. The maximum Gasteiger partial charge on any atom is 0.415 e. The highest BCUT2D eigenvalue weighted by Gasteiger charge is 2.36. The van der Waals surface area contributed by atoms with Crippen LogP contribution in [0.4, 0.5) is 25.5 Å². The summed E-state index contributed by atoms with van der Waals surface area (Å²) in [5, 5.41) is 0. The van der Waals surface area contributed by atoms with E-state index in [0.717, 1.165) is 4.90 Å². The number of carbonyl (C=O) groups excluding carboxylic acids is 3. The average Bonchev–Trinajstić information content (AvgIpc) is 3.28. The van der Waals surface area contributed by atoms with E-state index in [-0.39, 0.29) is 17.8 Å². The molecule has 10 heteroatoms. The number of anilines is 2. The molecule has 0 aliphatic carbocycles. The number of aromatic nitrogens is 1. The number of pyridine rings is 1. The maximum absolute atomic E-state index is 14.7. The van der Waals surface area contributed by atoms with Gasteiger partial charge in [0.15, 0.2) is 6.10 Å². The molecule has 28 heavy (non-hydrogen) atoms. The van der Waals surface area contributed by atoms with Crippen LogP contribution in [-0.2, 0) is 14.3 Å². The second-order valence-electron chi connectivity index (χ2n) is 6.22. The Morgan fingerprint density at radius 1 is 1.18 bits per heavy atom. The van der Waals surface area contributed by atoms with Crippen molar-refractivity contribution in [3.8, 4) is 11.1 Å². The van der Waals surface area contributed by atoms with Gasteiger partial charge in [0.05, 0.1) is 18.8 Å². The fourth-order valence-corrected chi connectivity index (χ4v) is 3.03. The summed E-state index contributed by atoms with van der Waals surface area (Å²) in [4.78, 5) is 41.3. The van der Waals surface area contributed by atoms with Gasteiger partial charge in [0, 0.05) is 17.3 Å². The normalized spacial score (nSPS) is 19.0. The summed E-state index contributed by atoms with van der Waals surface area (Å²) < 4.78 is 24.4. The van der Waals surface area contributed by atoms with E-state index in [1.54, 1.807) is 12.1 Å². The van der Waals surface area contributed by atoms with Crippen molar-refractivity contribution in [2.24, 2.45) is 5.73 Å². The van der Waals surface area contributed by atoms with Crippen LogP contribution >= 0.6 is 0 Å². The molecule has 0 radical (unpaired) electrons. The Morgan fingerprint density at radius 3 is 2.57 bits per heavy atom. The number of primary amides is 1. The van der Waals surface area contributed by atoms with Crippen LogP contribution in [-0.4, -0.2) is 48.9 Å². The van der Waals surface area contributed by atoms with Gasteiger partial charge in [0.25, 0.3) is 5.91 Å². The highest BCUT2D eigenvalue weighted by atomic mass is 19.1. The number of cyclic esters (lactones) is 2. The van der Waals surface area contributed by atoms with Gasteiger partial charge in [0.1, 0.15) is 18.2 Å². The molecule has 1 aromatic carbocycles. The molecule has 0 saturated carbocycles. The van der Waals surface area contributed by atoms with Crippen molar-refractivity contribution in [1.29, 1.82) is 0 Å². The predicted molar refractivity (Wildman–Crippen MR) is 95.1 cm³/mol. The minimum absolute atomic E-state index is 0.0743. The van der Waals surface area contributed by atoms with Crippen LogP contribution in [0.3, 0.4) is 0 Å². The molecule has 2 aromatic rings. The standard InChI is InChI=1S/C18H15FN4O5/c19-13-7-11(23-9-14(16(20)24)28-18(23)26)2-3-12(13)10-1-4-15(21-8-10)22-5-6-27-17(22)25/h1-4,7-8,14H,5-6,9H2,(H2,20,24)/t14-/m1/s1. The van der Waals surface area contributed by atoms with Gasteiger partial charge in [-0.2, -0.15) is 0 Å². The first-order valence-corrected chi connectivity index (χ1v) is 8.42. The van der Waals surface area contributed by atoms with Crippen molar-refractivity contribution in [3.63, 3.8) is 0 Å². The third-order valence-corrected chi connectivity index (χ3v) is 4.49. The zero-order valence-electron chi connectivity index (χ0n) is 14.5. The van der Waals surface area contributed by atoms with E-state index in [2.05, 4.69) is 4.98 Å². The average molecular weight is 386 g/mol. The minimum atomic E-state index is -1.07. The lowest BCUT2D eigenvalue weighted by Gasteiger charge is -2.15. The molecule has 2 aliphatic rings. The molecule has 2 saturated heterocycles. The third-order valence-electron chi connectivity index (χ3n) is 4.49. The molecule has 4 rings (SSSR count). The SMILES string of the molecule is NC(=O)[C@H]1CN(c2ccc(-c3ccc(N4CCOC4=O)nc3)c(F)c2)C(=O)O1. The van der Waals surface area contributed by atoms with Gasteiger partial charge in [-0.15, -0.1) is 0 Å². The van der Waals surface area contributed by atoms with E-state index in [1.807, 2.05) is 0 Å². The van der Waals surface area contributed by atoms with Gasteiger partial charge in [-0.3, -0.25) is 14.6 Å². The zero-order chi connectivity index (χ0) is 19.8. The molecular weight excluding hydrogens is 371 g/mol. The molecule has 144 valence electrons. The summed E-state index contributed by atoms with van der Waals surface area (Å²) in [7, 11) is 0. The highest BCUT2D eigenvalue weighted by molar-refractivity contribution is 5.95. The number of rotatable bonds is 4. The monoisotopic (exact) mass is 386 g/mol. The van der Waals surface area contributed by atoms with Crippen LogP contribution in [0.1, 0.15) is 0 Å². The van der Waals surface area contributed by atoms with Crippen molar-refractivity contribution < 1.29 is 28.2 Å². The second kappa shape index (κ2) is 6.80. The number of nitrogens with two attached hydrogens (primary N) is 1. The number of halogens is 1. The minimum Gasteiger partial charge on any atom is -0.447 e. The van der Waals surface area contributed by atoms with E-state index in [9.17, 15) is 18.8 Å². The van der Waals surface area contributed by atoms with Crippen molar-refractivity contribution in [3.05, 3.63) is 42.3 Å². The number of hydrogen-bond acceptors (Lipinski definition) is 6. The first-order chi connectivity index (χ1) is 13.4. The Bertz CT molecular complexity index is 965. The number of carbonyl (C=O) groups is 3. The first-order valence-electron chi connectivity index (χ1n) is 8.42. The quantitative estimate of drug-likeness (QED) is 0.854. The third kappa shape index (κ3) is 3.08. The number of benzene rings is 1. The summed E-state index contributed by atoms with van der Waals surface area (Å²) in [6, 6.07) is 7.45. The molecule has 2 aliphatic heterocycles. The van der Waals surface area contributed by atoms with E-state index in [0.29, 0.717) is 24.5 Å². The van der Waals surface area contributed by atoms with Gasteiger partial charge in [-0.1, -0.05) is 0 Å². The number of ether oxygens (including phenoxy) is 2. The second-order valence-corrected chi connectivity index (χ2v) is 6.22. The van der Waals surface area contributed by atoms with Crippen LogP contribution in [0, 0.1) is 5.82 Å². The van der Waals surface area contributed by atoms with Gasteiger partial charge < -0.3 is 15.2 Å². The van der Waals surface area contributed by atoms with Crippen LogP contribution in [0.2, 0.25) is 0 Å². The van der Waals surface area contributed by atoms with Crippen LogP contribution in [0.5, 0.6) is 0 Å². The molecular formula is C18H15FN4O5. The van der Waals surface area contributed by atoms with Crippen molar-refractivity contribution >= 4 is 29.6 Å². The van der Waals surface area contributed by atoms with E-state index in [1.165, 1.54) is 29.3 Å².